The van der Waals surface area contributed by atoms with Crippen LogP contribution in [0.3, 0.4) is 0 Å². The van der Waals surface area contributed by atoms with Gasteiger partial charge in [-0.15, -0.1) is 0 Å². The fraction of sp³-hybridized carbons (Fsp3) is 0.292. The van der Waals surface area contributed by atoms with E-state index in [4.69, 9.17) is 4.74 Å². The minimum Gasteiger partial charge on any atom is -0.494 e. The zero-order chi connectivity index (χ0) is 18.5. The highest BCUT2D eigenvalue weighted by Gasteiger charge is 2.26. The molecule has 0 fully saturated rings. The lowest BCUT2D eigenvalue weighted by molar-refractivity contribution is 0.157. The third-order valence-corrected chi connectivity index (χ3v) is 5.29. The average Bonchev–Trinajstić information content (AvgIpc) is 2.72. The van der Waals surface area contributed by atoms with E-state index in [1.807, 2.05) is 30.6 Å². The number of aryl methyl sites for hydroxylation is 1. The molecule has 2 aromatic carbocycles. The molecular formula is C24H26N2O. The van der Waals surface area contributed by atoms with Crippen molar-refractivity contribution in [3.8, 4) is 5.75 Å². The fourth-order valence-corrected chi connectivity index (χ4v) is 3.81. The Balaban J connectivity index is 1.41. The Morgan fingerprint density at radius 2 is 1.81 bits per heavy atom. The van der Waals surface area contributed by atoms with E-state index in [2.05, 4.69) is 59.3 Å². The molecule has 27 heavy (non-hydrogen) atoms. The summed E-state index contributed by atoms with van der Waals surface area (Å²) in [6, 6.07) is 21.7. The number of hydrogen-bond donors (Lipinski definition) is 0. The molecule has 4 rings (SSSR count). The van der Waals surface area contributed by atoms with Crippen LogP contribution in [0.1, 0.15) is 34.7 Å². The number of benzene rings is 2. The van der Waals surface area contributed by atoms with Crippen molar-refractivity contribution in [3.05, 3.63) is 95.3 Å². The summed E-state index contributed by atoms with van der Waals surface area (Å²) in [5.74, 6) is 0.952. The Bertz CT molecular complexity index is 861. The summed E-state index contributed by atoms with van der Waals surface area (Å²) in [5, 5.41) is 0. The number of pyridine rings is 1. The van der Waals surface area contributed by atoms with Crippen LogP contribution in [-0.4, -0.2) is 23.0 Å². The highest BCUT2D eigenvalue weighted by molar-refractivity contribution is 5.32. The lowest BCUT2D eigenvalue weighted by Crippen LogP contribution is -2.35. The van der Waals surface area contributed by atoms with Gasteiger partial charge in [0.05, 0.1) is 6.61 Å². The van der Waals surface area contributed by atoms with Crippen molar-refractivity contribution in [3.63, 3.8) is 0 Å². The highest BCUT2D eigenvalue weighted by atomic mass is 16.5. The van der Waals surface area contributed by atoms with Gasteiger partial charge >= 0.3 is 0 Å². The average molecular weight is 358 g/mol. The van der Waals surface area contributed by atoms with Gasteiger partial charge in [0, 0.05) is 31.5 Å². The molecule has 3 aromatic rings. The van der Waals surface area contributed by atoms with E-state index < -0.39 is 0 Å². The first kappa shape index (κ1) is 17.7. The Morgan fingerprint density at radius 3 is 2.59 bits per heavy atom. The van der Waals surface area contributed by atoms with Gasteiger partial charge in [-0.2, -0.15) is 0 Å². The second-order valence-corrected chi connectivity index (χ2v) is 7.26. The van der Waals surface area contributed by atoms with E-state index in [0.29, 0.717) is 6.04 Å². The van der Waals surface area contributed by atoms with Crippen molar-refractivity contribution in [2.24, 2.45) is 0 Å². The third-order valence-electron chi connectivity index (χ3n) is 5.29. The molecule has 0 radical (unpaired) electrons. The summed E-state index contributed by atoms with van der Waals surface area (Å²) in [6.45, 7) is 4.83. The predicted molar refractivity (Wildman–Crippen MR) is 109 cm³/mol. The number of hydrogen-bond acceptors (Lipinski definition) is 3. The molecule has 0 N–H and O–H groups in total. The van der Waals surface area contributed by atoms with Crippen LogP contribution >= 0.6 is 0 Å². The molecule has 138 valence electrons. The number of ether oxygens (including phenoxy) is 1. The molecule has 2 heterocycles. The van der Waals surface area contributed by atoms with Gasteiger partial charge in [0.1, 0.15) is 5.75 Å². The van der Waals surface area contributed by atoms with E-state index in [1.165, 1.54) is 22.3 Å². The second kappa shape index (κ2) is 8.36. The molecule has 0 saturated heterocycles. The largest absolute Gasteiger partial charge is 0.494 e. The van der Waals surface area contributed by atoms with Crippen LogP contribution in [-0.2, 0) is 13.0 Å². The molecule has 1 aliphatic heterocycles. The summed E-state index contributed by atoms with van der Waals surface area (Å²) in [7, 11) is 0. The molecule has 0 amide bonds. The summed E-state index contributed by atoms with van der Waals surface area (Å²) in [4.78, 5) is 6.91. The minimum absolute atomic E-state index is 0.382. The Morgan fingerprint density at radius 1 is 1.00 bits per heavy atom. The van der Waals surface area contributed by atoms with Crippen LogP contribution in [0.15, 0.2) is 73.1 Å². The molecule has 0 spiro atoms. The quantitative estimate of drug-likeness (QED) is 0.583. The van der Waals surface area contributed by atoms with Crippen molar-refractivity contribution < 1.29 is 4.74 Å². The van der Waals surface area contributed by atoms with E-state index in [1.54, 1.807) is 0 Å². The van der Waals surface area contributed by atoms with E-state index in [0.717, 1.165) is 38.3 Å². The number of nitrogens with zero attached hydrogens (tertiary/aromatic N) is 2. The molecule has 3 nitrogen and oxygen atoms in total. The summed E-state index contributed by atoms with van der Waals surface area (Å²) < 4.78 is 5.92. The van der Waals surface area contributed by atoms with Gasteiger partial charge in [-0.05, 0) is 54.7 Å². The number of fused-ring (bicyclic) bond motifs is 1. The third kappa shape index (κ3) is 4.37. The molecule has 3 heteroatoms. The first-order valence-corrected chi connectivity index (χ1v) is 9.70. The van der Waals surface area contributed by atoms with Gasteiger partial charge in [0.15, 0.2) is 0 Å². The van der Waals surface area contributed by atoms with Crippen LogP contribution < -0.4 is 4.74 Å². The van der Waals surface area contributed by atoms with E-state index in [-0.39, 0.29) is 0 Å². The van der Waals surface area contributed by atoms with E-state index >= 15 is 0 Å². The summed E-state index contributed by atoms with van der Waals surface area (Å²) in [6.07, 6.45) is 5.90. The van der Waals surface area contributed by atoms with Crippen LogP contribution in [0, 0.1) is 6.92 Å². The standard InChI is InChI=1S/C24H26N2O/c1-19-9-11-23(12-10-19)27-15-5-14-26-18-22-7-3-2-6-20(22)16-24(26)21-8-4-13-25-17-21/h2-4,6-13,17,24H,5,14-16,18H2,1H3. The van der Waals surface area contributed by atoms with E-state index in [9.17, 15) is 0 Å². The maximum atomic E-state index is 5.92. The van der Waals surface area contributed by atoms with Gasteiger partial charge in [-0.1, -0.05) is 48.0 Å². The van der Waals surface area contributed by atoms with Crippen molar-refractivity contribution in [1.82, 2.24) is 9.88 Å². The topological polar surface area (TPSA) is 25.4 Å². The smallest absolute Gasteiger partial charge is 0.119 e. The number of rotatable bonds is 6. The molecule has 1 aliphatic rings. The van der Waals surface area contributed by atoms with Crippen molar-refractivity contribution in [2.45, 2.75) is 32.4 Å². The Labute approximate surface area is 161 Å². The zero-order valence-corrected chi connectivity index (χ0v) is 15.8. The first-order valence-electron chi connectivity index (χ1n) is 9.70. The normalized spacial score (nSPS) is 16.7. The molecule has 1 aromatic heterocycles. The fourth-order valence-electron chi connectivity index (χ4n) is 3.81. The minimum atomic E-state index is 0.382. The lowest BCUT2D eigenvalue weighted by atomic mass is 9.90. The molecule has 1 unspecified atom stereocenters. The van der Waals surface area contributed by atoms with Gasteiger partial charge in [-0.25, -0.2) is 0 Å². The zero-order valence-electron chi connectivity index (χ0n) is 15.8. The van der Waals surface area contributed by atoms with Crippen LogP contribution in [0.25, 0.3) is 0 Å². The molecule has 0 saturated carbocycles. The summed E-state index contributed by atoms with van der Waals surface area (Å²) in [5.41, 5.74) is 5.45. The molecule has 0 bridgehead atoms. The molecule has 1 atom stereocenters. The molecule has 0 aliphatic carbocycles. The van der Waals surface area contributed by atoms with Gasteiger partial charge in [-0.3, -0.25) is 9.88 Å². The van der Waals surface area contributed by atoms with Crippen molar-refractivity contribution in [1.29, 1.82) is 0 Å². The predicted octanol–water partition coefficient (Wildman–Crippen LogP) is 4.96. The van der Waals surface area contributed by atoms with Crippen LogP contribution in [0.4, 0.5) is 0 Å². The lowest BCUT2D eigenvalue weighted by Gasteiger charge is -2.37. The maximum Gasteiger partial charge on any atom is 0.119 e. The first-order chi connectivity index (χ1) is 13.3. The van der Waals surface area contributed by atoms with Gasteiger partial charge in [0.25, 0.3) is 0 Å². The van der Waals surface area contributed by atoms with Gasteiger partial charge in [0.2, 0.25) is 0 Å². The molecular weight excluding hydrogens is 332 g/mol. The van der Waals surface area contributed by atoms with Crippen molar-refractivity contribution in [2.75, 3.05) is 13.2 Å². The van der Waals surface area contributed by atoms with Crippen molar-refractivity contribution >= 4 is 0 Å². The number of aromatic nitrogens is 1. The maximum absolute atomic E-state index is 5.92. The van der Waals surface area contributed by atoms with Gasteiger partial charge < -0.3 is 4.74 Å². The SMILES string of the molecule is Cc1ccc(OCCCN2Cc3ccccc3CC2c2cccnc2)cc1. The second-order valence-electron chi connectivity index (χ2n) is 7.26. The summed E-state index contributed by atoms with van der Waals surface area (Å²) >= 11 is 0. The highest BCUT2D eigenvalue weighted by Crippen LogP contribution is 2.32. The Hall–Kier alpha value is -2.65. The van der Waals surface area contributed by atoms with Crippen LogP contribution in [0.2, 0.25) is 0 Å². The monoisotopic (exact) mass is 358 g/mol. The Kier molecular flexibility index (Phi) is 5.50. The van der Waals surface area contributed by atoms with Crippen LogP contribution in [0.5, 0.6) is 5.75 Å².